The van der Waals surface area contributed by atoms with Crippen molar-refractivity contribution in [3.8, 4) is 0 Å². The summed E-state index contributed by atoms with van der Waals surface area (Å²) in [6.07, 6.45) is 10.1. The highest BCUT2D eigenvalue weighted by Crippen LogP contribution is 2.31. The summed E-state index contributed by atoms with van der Waals surface area (Å²) in [5, 5.41) is 4.81. The highest BCUT2D eigenvalue weighted by Gasteiger charge is 2.29. The quantitative estimate of drug-likeness (QED) is 0.769. The molecule has 2 aliphatic carbocycles. The van der Waals surface area contributed by atoms with Crippen molar-refractivity contribution in [2.24, 2.45) is 0 Å². The predicted molar refractivity (Wildman–Crippen MR) is 65.0 cm³/mol. The molecule has 0 heterocycles. The van der Waals surface area contributed by atoms with Gasteiger partial charge in [-0.1, -0.05) is 26.2 Å². The topological polar surface area (TPSA) is 12.0 Å². The van der Waals surface area contributed by atoms with Gasteiger partial charge in [0.25, 0.3) is 0 Å². The summed E-state index contributed by atoms with van der Waals surface area (Å²) in [5.74, 6) is 1.29. The van der Waals surface area contributed by atoms with Crippen LogP contribution < -0.4 is 5.32 Å². The highest BCUT2D eigenvalue weighted by atomic mass is 32.2. The van der Waals surface area contributed by atoms with Crippen molar-refractivity contribution < 1.29 is 0 Å². The lowest BCUT2D eigenvalue weighted by Crippen LogP contribution is -2.40. The van der Waals surface area contributed by atoms with E-state index in [2.05, 4.69) is 24.0 Å². The molecule has 0 aromatic heterocycles. The summed E-state index contributed by atoms with van der Waals surface area (Å²) in [6.45, 7) is 2.29. The third kappa shape index (κ3) is 2.66. The number of thioether (sulfide) groups is 1. The first-order valence-electron chi connectivity index (χ1n) is 6.28. The van der Waals surface area contributed by atoms with E-state index in [0.29, 0.717) is 0 Å². The number of hydrogen-bond donors (Lipinski definition) is 1. The summed E-state index contributed by atoms with van der Waals surface area (Å²) in [4.78, 5) is 0. The fourth-order valence-corrected chi connectivity index (χ4v) is 4.13. The summed E-state index contributed by atoms with van der Waals surface area (Å²) >= 11 is 2.17. The van der Waals surface area contributed by atoms with Gasteiger partial charge in [0.15, 0.2) is 0 Å². The number of hydrogen-bond acceptors (Lipinski definition) is 2. The molecule has 0 aliphatic heterocycles. The van der Waals surface area contributed by atoms with E-state index < -0.39 is 0 Å². The molecule has 2 fully saturated rings. The number of nitrogens with one attached hydrogen (secondary N) is 1. The second kappa shape index (κ2) is 5.41. The molecular formula is C12H23NS. The van der Waals surface area contributed by atoms with Gasteiger partial charge in [-0.3, -0.25) is 0 Å². The van der Waals surface area contributed by atoms with Gasteiger partial charge in [0.05, 0.1) is 0 Å². The smallest absolute Gasteiger partial charge is 0.0201 e. The predicted octanol–water partition coefficient (Wildman–Crippen LogP) is 3.19. The summed E-state index contributed by atoms with van der Waals surface area (Å²) in [6, 6.07) is 1.70. The molecule has 1 N–H and O–H groups in total. The van der Waals surface area contributed by atoms with Gasteiger partial charge in [0.1, 0.15) is 0 Å². The van der Waals surface area contributed by atoms with Crippen LogP contribution in [0.2, 0.25) is 0 Å². The minimum absolute atomic E-state index is 0.836. The fourth-order valence-electron chi connectivity index (χ4n) is 2.93. The Morgan fingerprint density at radius 3 is 2.57 bits per heavy atom. The van der Waals surface area contributed by atoms with E-state index in [1.807, 2.05) is 0 Å². The molecule has 2 saturated carbocycles. The van der Waals surface area contributed by atoms with E-state index in [-0.39, 0.29) is 0 Å². The molecule has 2 rings (SSSR count). The molecule has 0 radical (unpaired) electrons. The third-order valence-electron chi connectivity index (χ3n) is 3.64. The SMILES string of the molecule is CCSC1CCCC1NC1CCCC1. The second-order valence-electron chi connectivity index (χ2n) is 4.68. The first-order chi connectivity index (χ1) is 6.90. The monoisotopic (exact) mass is 213 g/mol. The van der Waals surface area contributed by atoms with Gasteiger partial charge in [-0.25, -0.2) is 0 Å². The maximum absolute atomic E-state index is 3.89. The first-order valence-corrected chi connectivity index (χ1v) is 7.32. The molecule has 0 amide bonds. The third-order valence-corrected chi connectivity index (χ3v) is 4.96. The van der Waals surface area contributed by atoms with Gasteiger partial charge in [-0.15, -0.1) is 0 Å². The van der Waals surface area contributed by atoms with Crippen LogP contribution in [0.15, 0.2) is 0 Å². The highest BCUT2D eigenvalue weighted by molar-refractivity contribution is 7.99. The average molecular weight is 213 g/mol. The molecule has 0 aromatic carbocycles. The first kappa shape index (κ1) is 10.8. The minimum atomic E-state index is 0.836. The standard InChI is InChI=1S/C12H23NS/c1-2-14-12-9-5-8-11(12)13-10-6-3-4-7-10/h10-13H,2-9H2,1H3. The molecule has 0 bridgehead atoms. The van der Waals surface area contributed by atoms with Gasteiger partial charge >= 0.3 is 0 Å². The van der Waals surface area contributed by atoms with Gasteiger partial charge in [-0.05, 0) is 31.4 Å². The van der Waals surface area contributed by atoms with Crippen LogP contribution in [0.3, 0.4) is 0 Å². The summed E-state index contributed by atoms with van der Waals surface area (Å²) in [5.41, 5.74) is 0. The summed E-state index contributed by atoms with van der Waals surface area (Å²) in [7, 11) is 0. The van der Waals surface area contributed by atoms with Gasteiger partial charge in [-0.2, -0.15) is 11.8 Å². The van der Waals surface area contributed by atoms with Gasteiger partial charge in [0.2, 0.25) is 0 Å². The fraction of sp³-hybridized carbons (Fsp3) is 1.00. The van der Waals surface area contributed by atoms with Crippen molar-refractivity contribution in [1.29, 1.82) is 0 Å². The Morgan fingerprint density at radius 1 is 1.07 bits per heavy atom. The van der Waals surface area contributed by atoms with Crippen LogP contribution in [0.25, 0.3) is 0 Å². The maximum atomic E-state index is 3.89. The van der Waals surface area contributed by atoms with E-state index in [9.17, 15) is 0 Å². The van der Waals surface area contributed by atoms with Crippen LogP contribution in [-0.2, 0) is 0 Å². The van der Waals surface area contributed by atoms with Crippen LogP contribution in [0.1, 0.15) is 51.9 Å². The van der Waals surface area contributed by atoms with E-state index >= 15 is 0 Å². The summed E-state index contributed by atoms with van der Waals surface area (Å²) < 4.78 is 0. The van der Waals surface area contributed by atoms with Gasteiger partial charge in [0, 0.05) is 17.3 Å². The van der Waals surface area contributed by atoms with Crippen LogP contribution in [0.5, 0.6) is 0 Å². The normalized spacial score (nSPS) is 34.1. The Morgan fingerprint density at radius 2 is 1.86 bits per heavy atom. The molecule has 1 nitrogen and oxygen atoms in total. The molecule has 0 spiro atoms. The van der Waals surface area contributed by atoms with E-state index in [1.54, 1.807) is 0 Å². The van der Waals surface area contributed by atoms with Crippen molar-refractivity contribution in [1.82, 2.24) is 5.32 Å². The van der Waals surface area contributed by atoms with Crippen LogP contribution in [-0.4, -0.2) is 23.1 Å². The number of rotatable bonds is 4. The zero-order chi connectivity index (χ0) is 9.80. The van der Waals surface area contributed by atoms with E-state index in [4.69, 9.17) is 0 Å². The molecule has 2 heteroatoms. The zero-order valence-electron chi connectivity index (χ0n) is 9.30. The van der Waals surface area contributed by atoms with Crippen molar-refractivity contribution in [2.45, 2.75) is 69.2 Å². The second-order valence-corrected chi connectivity index (χ2v) is 6.20. The lowest BCUT2D eigenvalue weighted by atomic mass is 10.2. The van der Waals surface area contributed by atoms with Crippen LogP contribution >= 0.6 is 11.8 Å². The molecule has 14 heavy (non-hydrogen) atoms. The lowest BCUT2D eigenvalue weighted by Gasteiger charge is -2.24. The minimum Gasteiger partial charge on any atom is -0.310 e. The van der Waals surface area contributed by atoms with E-state index in [1.165, 1.54) is 50.7 Å². The molecular weight excluding hydrogens is 190 g/mol. The Hall–Kier alpha value is 0.310. The van der Waals surface area contributed by atoms with Crippen molar-refractivity contribution in [2.75, 3.05) is 5.75 Å². The Labute approximate surface area is 92.4 Å². The molecule has 2 unspecified atom stereocenters. The lowest BCUT2D eigenvalue weighted by molar-refractivity contribution is 0.440. The molecule has 82 valence electrons. The Kier molecular flexibility index (Phi) is 4.18. The van der Waals surface area contributed by atoms with Crippen LogP contribution in [0, 0.1) is 0 Å². The van der Waals surface area contributed by atoms with Gasteiger partial charge < -0.3 is 5.32 Å². The van der Waals surface area contributed by atoms with Crippen molar-refractivity contribution in [3.63, 3.8) is 0 Å². The van der Waals surface area contributed by atoms with E-state index in [0.717, 1.165) is 17.3 Å². The molecule has 2 atom stereocenters. The largest absolute Gasteiger partial charge is 0.310 e. The van der Waals surface area contributed by atoms with Crippen molar-refractivity contribution in [3.05, 3.63) is 0 Å². The zero-order valence-corrected chi connectivity index (χ0v) is 10.1. The van der Waals surface area contributed by atoms with Crippen molar-refractivity contribution >= 4 is 11.8 Å². The molecule has 2 aliphatic rings. The maximum Gasteiger partial charge on any atom is 0.0201 e. The molecule has 0 aromatic rings. The average Bonchev–Trinajstić information content (AvgIpc) is 2.80. The van der Waals surface area contributed by atoms with Crippen LogP contribution in [0.4, 0.5) is 0 Å². The Bertz CT molecular complexity index is 166. The molecule has 0 saturated heterocycles. The Balaban J connectivity index is 1.77.